The molecule has 1 atom stereocenters. The maximum atomic E-state index is 6.11. The van der Waals surface area contributed by atoms with Gasteiger partial charge in [0.1, 0.15) is 0 Å². The average Bonchev–Trinajstić information content (AvgIpc) is 2.32. The molecule has 0 amide bonds. The second kappa shape index (κ2) is 8.93. The van der Waals surface area contributed by atoms with Gasteiger partial charge in [0.15, 0.2) is 0 Å². The largest absolute Gasteiger partial charge is 0.329 e. The van der Waals surface area contributed by atoms with Gasteiger partial charge in [0.05, 0.1) is 0 Å². The minimum Gasteiger partial charge on any atom is -0.329 e. The third kappa shape index (κ3) is 4.97. The molecule has 0 fully saturated rings. The predicted molar refractivity (Wildman–Crippen MR) is 78.4 cm³/mol. The Morgan fingerprint density at radius 3 is 2.06 bits per heavy atom. The zero-order chi connectivity index (χ0) is 13.3. The highest BCUT2D eigenvalue weighted by Gasteiger charge is 2.33. The van der Waals surface area contributed by atoms with Crippen molar-refractivity contribution in [3.8, 4) is 0 Å². The van der Waals surface area contributed by atoms with Gasteiger partial charge in [-0.2, -0.15) is 0 Å². The highest BCUT2D eigenvalue weighted by molar-refractivity contribution is 4.92. The Bertz CT molecular complexity index is 174. The Morgan fingerprint density at radius 2 is 1.71 bits per heavy atom. The van der Waals surface area contributed by atoms with E-state index in [2.05, 4.69) is 39.5 Å². The van der Waals surface area contributed by atoms with Crippen molar-refractivity contribution < 1.29 is 0 Å². The summed E-state index contributed by atoms with van der Waals surface area (Å²) in [5.74, 6) is 0. The van der Waals surface area contributed by atoms with Gasteiger partial charge in [-0.3, -0.25) is 4.90 Å². The molecule has 2 N–H and O–H groups in total. The first kappa shape index (κ1) is 16.9. The summed E-state index contributed by atoms with van der Waals surface area (Å²) in [7, 11) is 0. The summed E-state index contributed by atoms with van der Waals surface area (Å²) in [5, 5.41) is 0. The highest BCUT2D eigenvalue weighted by atomic mass is 15.2. The summed E-state index contributed by atoms with van der Waals surface area (Å²) in [6.07, 6.45) is 7.55. The van der Waals surface area contributed by atoms with Crippen LogP contribution in [0.2, 0.25) is 0 Å². The number of rotatable bonds is 10. The Kier molecular flexibility index (Phi) is 8.89. The van der Waals surface area contributed by atoms with Crippen molar-refractivity contribution >= 4 is 0 Å². The third-order valence-electron chi connectivity index (χ3n) is 3.99. The molecule has 17 heavy (non-hydrogen) atoms. The molecule has 0 aliphatic carbocycles. The second-order valence-corrected chi connectivity index (χ2v) is 5.53. The molecule has 0 aromatic heterocycles. The number of hydrogen-bond acceptors (Lipinski definition) is 2. The van der Waals surface area contributed by atoms with E-state index in [0.29, 0.717) is 6.04 Å². The fraction of sp³-hybridized carbons (Fsp3) is 1.00. The van der Waals surface area contributed by atoms with Crippen LogP contribution in [0.1, 0.15) is 73.1 Å². The van der Waals surface area contributed by atoms with Crippen molar-refractivity contribution in [2.45, 2.75) is 84.7 Å². The molecular weight excluding hydrogens is 208 g/mol. The summed E-state index contributed by atoms with van der Waals surface area (Å²) in [6, 6.07) is 0.599. The number of hydrogen-bond donors (Lipinski definition) is 1. The molecule has 0 aliphatic rings. The molecule has 0 aromatic carbocycles. The monoisotopic (exact) mass is 242 g/mol. The molecule has 2 heteroatoms. The lowest BCUT2D eigenvalue weighted by atomic mass is 9.87. The summed E-state index contributed by atoms with van der Waals surface area (Å²) in [5.41, 5.74) is 6.34. The van der Waals surface area contributed by atoms with Crippen LogP contribution in [0, 0.1) is 0 Å². The van der Waals surface area contributed by atoms with Crippen molar-refractivity contribution in [2.24, 2.45) is 5.73 Å². The first-order valence-electron chi connectivity index (χ1n) is 7.54. The SMILES string of the molecule is CCCCCN(C(C)C)C(CC)(CN)CCC. The Balaban J connectivity index is 4.69. The summed E-state index contributed by atoms with van der Waals surface area (Å²) in [6.45, 7) is 13.4. The van der Waals surface area contributed by atoms with E-state index >= 15 is 0 Å². The van der Waals surface area contributed by atoms with E-state index in [0.717, 1.165) is 6.54 Å². The number of unbranched alkanes of at least 4 members (excludes halogenated alkanes) is 2. The van der Waals surface area contributed by atoms with E-state index in [-0.39, 0.29) is 5.54 Å². The quantitative estimate of drug-likeness (QED) is 0.591. The van der Waals surface area contributed by atoms with Gasteiger partial charge in [-0.25, -0.2) is 0 Å². The smallest absolute Gasteiger partial charge is 0.0331 e. The van der Waals surface area contributed by atoms with E-state index in [9.17, 15) is 0 Å². The van der Waals surface area contributed by atoms with E-state index in [1.807, 2.05) is 0 Å². The van der Waals surface area contributed by atoms with Gasteiger partial charge in [-0.15, -0.1) is 0 Å². The molecule has 104 valence electrons. The Morgan fingerprint density at radius 1 is 1.06 bits per heavy atom. The van der Waals surface area contributed by atoms with Gasteiger partial charge >= 0.3 is 0 Å². The molecule has 0 aromatic rings. The third-order valence-corrected chi connectivity index (χ3v) is 3.99. The van der Waals surface area contributed by atoms with Crippen molar-refractivity contribution in [3.63, 3.8) is 0 Å². The van der Waals surface area contributed by atoms with Crippen LogP contribution in [0.4, 0.5) is 0 Å². The van der Waals surface area contributed by atoms with Crippen LogP contribution in [-0.2, 0) is 0 Å². The van der Waals surface area contributed by atoms with Crippen LogP contribution >= 0.6 is 0 Å². The molecule has 2 nitrogen and oxygen atoms in total. The van der Waals surface area contributed by atoms with Crippen LogP contribution in [0.15, 0.2) is 0 Å². The lowest BCUT2D eigenvalue weighted by molar-refractivity contribution is 0.0475. The Labute approximate surface area is 109 Å². The lowest BCUT2D eigenvalue weighted by Crippen LogP contribution is -2.56. The van der Waals surface area contributed by atoms with Crippen LogP contribution in [0.3, 0.4) is 0 Å². The normalized spacial score (nSPS) is 15.5. The van der Waals surface area contributed by atoms with E-state index < -0.39 is 0 Å². The standard InChI is InChI=1S/C15H34N2/c1-6-9-10-12-17(14(4)5)15(8-3,13-16)11-7-2/h14H,6-13,16H2,1-5H3. The molecular formula is C15H34N2. The Hall–Kier alpha value is -0.0800. The van der Waals surface area contributed by atoms with E-state index in [4.69, 9.17) is 5.73 Å². The first-order chi connectivity index (χ1) is 8.07. The minimum atomic E-state index is 0.233. The second-order valence-electron chi connectivity index (χ2n) is 5.53. The van der Waals surface area contributed by atoms with Gasteiger partial charge in [0, 0.05) is 18.1 Å². The average molecular weight is 242 g/mol. The molecule has 0 aliphatic heterocycles. The highest BCUT2D eigenvalue weighted by Crippen LogP contribution is 2.27. The van der Waals surface area contributed by atoms with Gasteiger partial charge in [0.25, 0.3) is 0 Å². The zero-order valence-corrected chi connectivity index (χ0v) is 12.8. The van der Waals surface area contributed by atoms with Gasteiger partial charge in [-0.05, 0) is 39.7 Å². The zero-order valence-electron chi connectivity index (χ0n) is 12.8. The molecule has 0 saturated carbocycles. The topological polar surface area (TPSA) is 29.3 Å². The maximum absolute atomic E-state index is 6.11. The maximum Gasteiger partial charge on any atom is 0.0331 e. The number of nitrogens with two attached hydrogens (primary N) is 1. The molecule has 0 spiro atoms. The van der Waals surface area contributed by atoms with Crippen LogP contribution in [-0.4, -0.2) is 29.6 Å². The predicted octanol–water partition coefficient (Wildman–Crippen LogP) is 3.79. The summed E-state index contributed by atoms with van der Waals surface area (Å²) < 4.78 is 0. The fourth-order valence-electron chi connectivity index (χ4n) is 2.93. The van der Waals surface area contributed by atoms with Crippen molar-refractivity contribution in [3.05, 3.63) is 0 Å². The number of nitrogens with zero attached hydrogens (tertiary/aromatic N) is 1. The van der Waals surface area contributed by atoms with Crippen molar-refractivity contribution in [1.29, 1.82) is 0 Å². The molecule has 0 heterocycles. The molecule has 0 saturated heterocycles. The van der Waals surface area contributed by atoms with Crippen LogP contribution in [0.25, 0.3) is 0 Å². The van der Waals surface area contributed by atoms with Gasteiger partial charge in [-0.1, -0.05) is 40.0 Å². The summed E-state index contributed by atoms with van der Waals surface area (Å²) >= 11 is 0. The van der Waals surface area contributed by atoms with E-state index in [1.165, 1.54) is 45.1 Å². The fourth-order valence-corrected chi connectivity index (χ4v) is 2.93. The van der Waals surface area contributed by atoms with Gasteiger partial charge < -0.3 is 5.73 Å². The molecule has 0 radical (unpaired) electrons. The lowest BCUT2D eigenvalue weighted by Gasteiger charge is -2.46. The molecule has 0 rings (SSSR count). The van der Waals surface area contributed by atoms with Crippen molar-refractivity contribution in [1.82, 2.24) is 4.90 Å². The van der Waals surface area contributed by atoms with Gasteiger partial charge in [0.2, 0.25) is 0 Å². The minimum absolute atomic E-state index is 0.233. The van der Waals surface area contributed by atoms with E-state index in [1.54, 1.807) is 0 Å². The van der Waals surface area contributed by atoms with Crippen LogP contribution in [0.5, 0.6) is 0 Å². The van der Waals surface area contributed by atoms with Crippen LogP contribution < -0.4 is 5.73 Å². The summed E-state index contributed by atoms with van der Waals surface area (Å²) in [4.78, 5) is 2.66. The molecule has 1 unspecified atom stereocenters. The van der Waals surface area contributed by atoms with Crippen molar-refractivity contribution in [2.75, 3.05) is 13.1 Å². The first-order valence-corrected chi connectivity index (χ1v) is 7.54. The molecule has 0 bridgehead atoms.